The fourth-order valence-electron chi connectivity index (χ4n) is 4.91. The summed E-state index contributed by atoms with van der Waals surface area (Å²) in [5.74, 6) is 1.35. The van der Waals surface area contributed by atoms with Gasteiger partial charge in [-0.25, -0.2) is 15.0 Å². The van der Waals surface area contributed by atoms with Crippen LogP contribution in [0, 0.1) is 5.92 Å². The molecule has 0 radical (unpaired) electrons. The van der Waals surface area contributed by atoms with E-state index < -0.39 is 0 Å². The SMILES string of the molecule is CC(C)[C@H](Nc1c(-c2nc3ccc(N4CCOCC4)cc3[nH]2)c(=O)[nH]c2ccccc12)c1ncccn1. The van der Waals surface area contributed by atoms with E-state index in [9.17, 15) is 4.79 Å². The first-order chi connectivity index (χ1) is 18.1. The Kier molecular flexibility index (Phi) is 6.05. The van der Waals surface area contributed by atoms with Crippen molar-refractivity contribution in [2.45, 2.75) is 19.9 Å². The summed E-state index contributed by atoms with van der Waals surface area (Å²) in [5, 5.41) is 4.52. The van der Waals surface area contributed by atoms with Gasteiger partial charge in [0.25, 0.3) is 5.56 Å². The van der Waals surface area contributed by atoms with E-state index in [1.165, 1.54) is 0 Å². The van der Waals surface area contributed by atoms with Gasteiger partial charge in [-0.05, 0) is 36.2 Å². The third-order valence-electron chi connectivity index (χ3n) is 6.83. The van der Waals surface area contributed by atoms with Crippen LogP contribution in [0.15, 0.2) is 65.7 Å². The molecule has 1 atom stereocenters. The number of morpholine rings is 1. The summed E-state index contributed by atoms with van der Waals surface area (Å²) in [4.78, 5) is 36.1. The van der Waals surface area contributed by atoms with Crippen LogP contribution in [-0.4, -0.2) is 51.2 Å². The summed E-state index contributed by atoms with van der Waals surface area (Å²) in [5.41, 5.74) is 4.49. The van der Waals surface area contributed by atoms with Crippen molar-refractivity contribution in [3.63, 3.8) is 0 Å². The fraction of sp³-hybridized carbons (Fsp3) is 0.286. The first-order valence-electron chi connectivity index (χ1n) is 12.6. The van der Waals surface area contributed by atoms with E-state index in [1.807, 2.05) is 30.3 Å². The highest BCUT2D eigenvalue weighted by molar-refractivity contribution is 5.99. The molecule has 0 amide bonds. The van der Waals surface area contributed by atoms with Gasteiger partial charge in [0.15, 0.2) is 5.82 Å². The quantitative estimate of drug-likeness (QED) is 0.318. The number of para-hydroxylation sites is 1. The van der Waals surface area contributed by atoms with E-state index in [4.69, 9.17) is 9.72 Å². The molecule has 188 valence electrons. The minimum atomic E-state index is -0.217. The molecule has 0 spiro atoms. The Morgan fingerprint density at radius 2 is 1.76 bits per heavy atom. The normalized spacial score (nSPS) is 14.9. The van der Waals surface area contributed by atoms with Crippen LogP contribution in [0.2, 0.25) is 0 Å². The van der Waals surface area contributed by atoms with Crippen molar-refractivity contribution >= 4 is 33.3 Å². The minimum Gasteiger partial charge on any atom is -0.378 e. The first kappa shape index (κ1) is 23.2. The van der Waals surface area contributed by atoms with Crippen molar-refractivity contribution in [3.8, 4) is 11.4 Å². The highest BCUT2D eigenvalue weighted by atomic mass is 16.5. The van der Waals surface area contributed by atoms with Gasteiger partial charge in [-0.15, -0.1) is 0 Å². The number of benzene rings is 2. The number of H-pyrrole nitrogens is 2. The molecule has 37 heavy (non-hydrogen) atoms. The highest BCUT2D eigenvalue weighted by Gasteiger charge is 2.24. The van der Waals surface area contributed by atoms with Crippen LogP contribution in [0.25, 0.3) is 33.3 Å². The molecule has 0 bridgehead atoms. The minimum absolute atomic E-state index is 0.167. The van der Waals surface area contributed by atoms with E-state index in [2.05, 4.69) is 56.1 Å². The number of nitrogens with one attached hydrogen (secondary N) is 3. The van der Waals surface area contributed by atoms with Crippen LogP contribution >= 0.6 is 0 Å². The van der Waals surface area contributed by atoms with Gasteiger partial charge in [-0.3, -0.25) is 4.79 Å². The fourth-order valence-corrected chi connectivity index (χ4v) is 4.91. The molecule has 0 aliphatic carbocycles. The first-order valence-corrected chi connectivity index (χ1v) is 12.6. The summed E-state index contributed by atoms with van der Waals surface area (Å²) in [6.45, 7) is 7.35. The molecule has 3 N–H and O–H groups in total. The summed E-state index contributed by atoms with van der Waals surface area (Å²) in [7, 11) is 0. The second-order valence-electron chi connectivity index (χ2n) is 9.61. The standard InChI is InChI=1S/C28H29N7O2/c1-17(2)24(27-29-10-5-11-30-27)34-25-19-6-3-4-7-20(19)33-28(36)23(25)26-31-21-9-8-18(16-22(21)32-26)35-12-14-37-15-13-35/h3-11,16-17,24H,12-15H2,1-2H3,(H,31,32)(H2,33,34,36)/t24-/m0/s1. The number of nitrogens with zero attached hydrogens (tertiary/aromatic N) is 4. The van der Waals surface area contributed by atoms with Crippen LogP contribution < -0.4 is 15.8 Å². The van der Waals surface area contributed by atoms with Gasteiger partial charge in [0, 0.05) is 36.6 Å². The van der Waals surface area contributed by atoms with Crippen molar-refractivity contribution in [1.29, 1.82) is 0 Å². The number of hydrogen-bond donors (Lipinski definition) is 3. The zero-order chi connectivity index (χ0) is 25.4. The third-order valence-corrected chi connectivity index (χ3v) is 6.83. The molecule has 3 aromatic heterocycles. The number of fused-ring (bicyclic) bond motifs is 2. The van der Waals surface area contributed by atoms with Gasteiger partial charge < -0.3 is 24.9 Å². The Morgan fingerprint density at radius 3 is 2.54 bits per heavy atom. The molecule has 1 aliphatic heterocycles. The second-order valence-corrected chi connectivity index (χ2v) is 9.61. The number of rotatable bonds is 6. The zero-order valence-electron chi connectivity index (χ0n) is 20.9. The van der Waals surface area contributed by atoms with Crippen LogP contribution in [0.3, 0.4) is 0 Å². The number of ether oxygens (including phenoxy) is 1. The maximum atomic E-state index is 13.5. The Bertz CT molecular complexity index is 1600. The molecule has 5 aromatic rings. The average molecular weight is 496 g/mol. The number of anilines is 2. The summed E-state index contributed by atoms with van der Waals surface area (Å²) >= 11 is 0. The van der Waals surface area contributed by atoms with Crippen LogP contribution in [0.5, 0.6) is 0 Å². The number of pyridine rings is 1. The smallest absolute Gasteiger partial charge is 0.261 e. The van der Waals surface area contributed by atoms with E-state index in [-0.39, 0.29) is 17.5 Å². The second kappa shape index (κ2) is 9.67. The number of imidazole rings is 1. The van der Waals surface area contributed by atoms with Gasteiger partial charge in [-0.2, -0.15) is 0 Å². The number of hydrogen-bond acceptors (Lipinski definition) is 7. The Labute approximate surface area is 213 Å². The molecule has 9 nitrogen and oxygen atoms in total. The van der Waals surface area contributed by atoms with E-state index in [1.54, 1.807) is 18.5 Å². The monoisotopic (exact) mass is 495 g/mol. The Balaban J connectivity index is 1.49. The van der Waals surface area contributed by atoms with Gasteiger partial charge in [0.2, 0.25) is 0 Å². The van der Waals surface area contributed by atoms with Crippen molar-refractivity contribution in [1.82, 2.24) is 24.9 Å². The molecule has 4 heterocycles. The van der Waals surface area contributed by atoms with Crippen molar-refractivity contribution in [2.75, 3.05) is 36.5 Å². The summed E-state index contributed by atoms with van der Waals surface area (Å²) in [6.07, 6.45) is 3.48. The summed E-state index contributed by atoms with van der Waals surface area (Å²) < 4.78 is 5.50. The van der Waals surface area contributed by atoms with Crippen molar-refractivity contribution in [3.05, 3.63) is 77.1 Å². The molecular formula is C28H29N7O2. The molecule has 1 saturated heterocycles. The predicted octanol–water partition coefficient (Wildman–Crippen LogP) is 4.51. The molecular weight excluding hydrogens is 466 g/mol. The van der Waals surface area contributed by atoms with Gasteiger partial charge in [0.05, 0.1) is 41.5 Å². The third kappa shape index (κ3) is 4.42. The zero-order valence-corrected chi connectivity index (χ0v) is 20.9. The topological polar surface area (TPSA) is 112 Å². The van der Waals surface area contributed by atoms with Crippen molar-refractivity contribution < 1.29 is 4.74 Å². The lowest BCUT2D eigenvalue weighted by Crippen LogP contribution is -2.36. The molecule has 0 saturated carbocycles. The Morgan fingerprint density at radius 1 is 0.973 bits per heavy atom. The Hall–Kier alpha value is -4.24. The molecule has 9 heteroatoms. The molecule has 0 unspecified atom stereocenters. The predicted molar refractivity (Wildman–Crippen MR) is 146 cm³/mol. The van der Waals surface area contributed by atoms with E-state index >= 15 is 0 Å². The van der Waals surface area contributed by atoms with Crippen molar-refractivity contribution in [2.24, 2.45) is 5.92 Å². The lowest BCUT2D eigenvalue weighted by molar-refractivity contribution is 0.122. The van der Waals surface area contributed by atoms with Crippen LogP contribution in [0.4, 0.5) is 11.4 Å². The summed E-state index contributed by atoms with van der Waals surface area (Å²) in [6, 6.07) is 15.5. The highest BCUT2D eigenvalue weighted by Crippen LogP contribution is 2.35. The van der Waals surface area contributed by atoms with Gasteiger partial charge >= 0.3 is 0 Å². The maximum Gasteiger partial charge on any atom is 0.261 e. The van der Waals surface area contributed by atoms with Crippen LogP contribution in [0.1, 0.15) is 25.7 Å². The lowest BCUT2D eigenvalue weighted by Gasteiger charge is -2.28. The lowest BCUT2D eigenvalue weighted by atomic mass is 10.0. The number of aromatic nitrogens is 5. The van der Waals surface area contributed by atoms with Crippen LogP contribution in [-0.2, 0) is 4.74 Å². The maximum absolute atomic E-state index is 13.5. The van der Waals surface area contributed by atoms with E-state index in [0.717, 1.165) is 53.9 Å². The number of aromatic amines is 2. The molecule has 2 aromatic carbocycles. The van der Waals surface area contributed by atoms with E-state index in [0.29, 0.717) is 22.9 Å². The van der Waals surface area contributed by atoms with Gasteiger partial charge in [0.1, 0.15) is 11.4 Å². The average Bonchev–Trinajstić information content (AvgIpc) is 3.35. The molecule has 1 aliphatic rings. The largest absolute Gasteiger partial charge is 0.378 e. The molecule has 6 rings (SSSR count). The molecule has 1 fully saturated rings. The van der Waals surface area contributed by atoms with Gasteiger partial charge in [-0.1, -0.05) is 32.0 Å².